The molecule has 4 nitrogen and oxygen atoms in total. The average Bonchev–Trinajstić information content (AvgIpc) is 2.34. The number of para-hydroxylation sites is 1. The van der Waals surface area contributed by atoms with Crippen molar-refractivity contribution in [2.24, 2.45) is 5.73 Å². The number of rotatable bonds is 3. The van der Waals surface area contributed by atoms with Crippen LogP contribution in [0.25, 0.3) is 10.9 Å². The van der Waals surface area contributed by atoms with E-state index in [1.54, 1.807) is 6.07 Å². The molecule has 1 aromatic heterocycles. The summed E-state index contributed by atoms with van der Waals surface area (Å²) in [5.41, 5.74) is 6.73. The number of nitrogens with two attached hydrogens (primary N) is 1. The SMILES string of the molecule is CC(C)(N)COc1cc(C#N)c2ccccc2n1. The molecule has 0 spiro atoms. The summed E-state index contributed by atoms with van der Waals surface area (Å²) in [5.74, 6) is 0.434. The largest absolute Gasteiger partial charge is 0.476 e. The van der Waals surface area contributed by atoms with Crippen LogP contribution in [-0.2, 0) is 0 Å². The number of aromatic nitrogens is 1. The Bertz CT molecular complexity index is 608. The molecule has 0 bridgehead atoms. The van der Waals surface area contributed by atoms with E-state index in [-0.39, 0.29) is 0 Å². The van der Waals surface area contributed by atoms with E-state index in [4.69, 9.17) is 15.7 Å². The summed E-state index contributed by atoms with van der Waals surface area (Å²) in [6.45, 7) is 4.10. The third kappa shape index (κ3) is 2.76. The number of nitrogens with zero attached hydrogens (tertiary/aromatic N) is 2. The van der Waals surface area contributed by atoms with Gasteiger partial charge in [0.25, 0.3) is 0 Å². The van der Waals surface area contributed by atoms with Gasteiger partial charge in [0.1, 0.15) is 12.7 Å². The van der Waals surface area contributed by atoms with Gasteiger partial charge in [0.15, 0.2) is 0 Å². The first-order valence-electron chi connectivity index (χ1n) is 5.71. The number of benzene rings is 1. The molecule has 1 heterocycles. The number of nitriles is 1. The van der Waals surface area contributed by atoms with Crippen LogP contribution < -0.4 is 10.5 Å². The maximum Gasteiger partial charge on any atom is 0.215 e. The monoisotopic (exact) mass is 241 g/mol. The maximum atomic E-state index is 9.13. The summed E-state index contributed by atoms with van der Waals surface area (Å²) in [6.07, 6.45) is 0. The summed E-state index contributed by atoms with van der Waals surface area (Å²) < 4.78 is 5.53. The molecule has 2 aromatic rings. The third-order valence-electron chi connectivity index (χ3n) is 2.41. The standard InChI is InChI=1S/C14H15N3O/c1-14(2,16)9-18-13-7-10(8-15)11-5-3-4-6-12(11)17-13/h3-7H,9,16H2,1-2H3. The fraction of sp³-hybridized carbons (Fsp3) is 0.286. The van der Waals surface area contributed by atoms with Crippen molar-refractivity contribution in [1.29, 1.82) is 5.26 Å². The molecule has 92 valence electrons. The summed E-state index contributed by atoms with van der Waals surface area (Å²) in [5, 5.41) is 9.96. The zero-order chi connectivity index (χ0) is 13.2. The topological polar surface area (TPSA) is 71.9 Å². The molecule has 0 aliphatic carbocycles. The fourth-order valence-electron chi connectivity index (χ4n) is 1.58. The first-order chi connectivity index (χ1) is 8.49. The zero-order valence-electron chi connectivity index (χ0n) is 10.5. The first-order valence-corrected chi connectivity index (χ1v) is 5.71. The van der Waals surface area contributed by atoms with Gasteiger partial charge in [0, 0.05) is 17.0 Å². The molecule has 0 unspecified atom stereocenters. The van der Waals surface area contributed by atoms with Crippen molar-refractivity contribution in [1.82, 2.24) is 4.98 Å². The van der Waals surface area contributed by atoms with Crippen LogP contribution in [0.2, 0.25) is 0 Å². The highest BCUT2D eigenvalue weighted by atomic mass is 16.5. The second-order valence-electron chi connectivity index (χ2n) is 4.91. The van der Waals surface area contributed by atoms with E-state index in [0.717, 1.165) is 10.9 Å². The highest BCUT2D eigenvalue weighted by molar-refractivity contribution is 5.85. The van der Waals surface area contributed by atoms with Crippen LogP contribution in [0, 0.1) is 11.3 Å². The number of hydrogen-bond acceptors (Lipinski definition) is 4. The lowest BCUT2D eigenvalue weighted by Gasteiger charge is -2.18. The van der Waals surface area contributed by atoms with E-state index in [1.165, 1.54) is 0 Å². The Labute approximate surface area is 106 Å². The van der Waals surface area contributed by atoms with Crippen molar-refractivity contribution in [2.45, 2.75) is 19.4 Å². The van der Waals surface area contributed by atoms with Gasteiger partial charge in [-0.3, -0.25) is 0 Å². The molecule has 0 radical (unpaired) electrons. The molecule has 0 saturated carbocycles. The van der Waals surface area contributed by atoms with Crippen molar-refractivity contribution in [3.63, 3.8) is 0 Å². The molecule has 4 heteroatoms. The molecule has 18 heavy (non-hydrogen) atoms. The Hall–Kier alpha value is -2.12. The predicted molar refractivity (Wildman–Crippen MR) is 70.2 cm³/mol. The second kappa shape index (κ2) is 4.63. The van der Waals surface area contributed by atoms with Crippen molar-refractivity contribution in [3.05, 3.63) is 35.9 Å². The van der Waals surface area contributed by atoms with Gasteiger partial charge >= 0.3 is 0 Å². The first kappa shape index (κ1) is 12.3. The molecule has 0 aliphatic heterocycles. The smallest absolute Gasteiger partial charge is 0.215 e. The van der Waals surface area contributed by atoms with Crippen molar-refractivity contribution in [3.8, 4) is 11.9 Å². The van der Waals surface area contributed by atoms with E-state index in [1.807, 2.05) is 38.1 Å². The molecule has 2 N–H and O–H groups in total. The number of ether oxygens (including phenoxy) is 1. The van der Waals surface area contributed by atoms with E-state index < -0.39 is 5.54 Å². The summed E-state index contributed by atoms with van der Waals surface area (Å²) in [6, 6.07) is 11.3. The van der Waals surface area contributed by atoms with Crippen LogP contribution in [0.15, 0.2) is 30.3 Å². The van der Waals surface area contributed by atoms with Gasteiger partial charge in [-0.2, -0.15) is 5.26 Å². The number of fused-ring (bicyclic) bond motifs is 1. The van der Waals surface area contributed by atoms with Crippen LogP contribution in [0.3, 0.4) is 0 Å². The maximum absolute atomic E-state index is 9.13. The van der Waals surface area contributed by atoms with Gasteiger partial charge in [-0.1, -0.05) is 18.2 Å². The van der Waals surface area contributed by atoms with Crippen molar-refractivity contribution < 1.29 is 4.74 Å². The fourth-order valence-corrected chi connectivity index (χ4v) is 1.58. The Morgan fingerprint density at radius 2 is 2.11 bits per heavy atom. The summed E-state index contributed by atoms with van der Waals surface area (Å²) in [4.78, 5) is 4.36. The number of hydrogen-bond donors (Lipinski definition) is 1. The Balaban J connectivity index is 2.39. The van der Waals surface area contributed by atoms with Crippen LogP contribution in [0.5, 0.6) is 5.88 Å². The van der Waals surface area contributed by atoms with Gasteiger partial charge < -0.3 is 10.5 Å². The number of pyridine rings is 1. The van der Waals surface area contributed by atoms with E-state index in [9.17, 15) is 0 Å². The van der Waals surface area contributed by atoms with Gasteiger partial charge in [-0.05, 0) is 19.9 Å². The lowest BCUT2D eigenvalue weighted by atomic mass is 10.1. The van der Waals surface area contributed by atoms with Gasteiger partial charge in [-0.25, -0.2) is 4.98 Å². The predicted octanol–water partition coefficient (Wildman–Crippen LogP) is 2.22. The minimum absolute atomic E-state index is 0.350. The molecule has 2 rings (SSSR count). The zero-order valence-corrected chi connectivity index (χ0v) is 10.5. The van der Waals surface area contributed by atoms with Crippen LogP contribution in [0.1, 0.15) is 19.4 Å². The molecule has 0 amide bonds. The summed E-state index contributed by atoms with van der Waals surface area (Å²) >= 11 is 0. The highest BCUT2D eigenvalue weighted by Crippen LogP contribution is 2.21. The minimum atomic E-state index is -0.430. The normalized spacial score (nSPS) is 11.2. The second-order valence-corrected chi connectivity index (χ2v) is 4.91. The van der Waals surface area contributed by atoms with E-state index >= 15 is 0 Å². The van der Waals surface area contributed by atoms with Gasteiger partial charge in [-0.15, -0.1) is 0 Å². The summed E-state index contributed by atoms with van der Waals surface area (Å²) in [7, 11) is 0. The van der Waals surface area contributed by atoms with E-state index in [0.29, 0.717) is 18.1 Å². The molecule has 1 aromatic carbocycles. The Kier molecular flexibility index (Phi) is 3.17. The lowest BCUT2D eigenvalue weighted by molar-refractivity contribution is 0.236. The van der Waals surface area contributed by atoms with Crippen molar-refractivity contribution >= 4 is 10.9 Å². The Morgan fingerprint density at radius 3 is 2.78 bits per heavy atom. The molecule has 0 aliphatic rings. The van der Waals surface area contributed by atoms with E-state index in [2.05, 4.69) is 11.1 Å². The van der Waals surface area contributed by atoms with Crippen LogP contribution in [0.4, 0.5) is 0 Å². The van der Waals surface area contributed by atoms with Gasteiger partial charge in [0.2, 0.25) is 5.88 Å². The lowest BCUT2D eigenvalue weighted by Crippen LogP contribution is -2.38. The Morgan fingerprint density at radius 1 is 1.39 bits per heavy atom. The van der Waals surface area contributed by atoms with Crippen LogP contribution in [-0.4, -0.2) is 17.1 Å². The molecule has 0 saturated heterocycles. The van der Waals surface area contributed by atoms with Crippen molar-refractivity contribution in [2.75, 3.05) is 6.61 Å². The molecule has 0 atom stereocenters. The molecule has 0 fully saturated rings. The quantitative estimate of drug-likeness (QED) is 0.894. The minimum Gasteiger partial charge on any atom is -0.476 e. The van der Waals surface area contributed by atoms with Crippen LogP contribution >= 0.6 is 0 Å². The highest BCUT2D eigenvalue weighted by Gasteiger charge is 2.13. The van der Waals surface area contributed by atoms with Gasteiger partial charge in [0.05, 0.1) is 11.1 Å². The average molecular weight is 241 g/mol. The molecular formula is C14H15N3O. The molecular weight excluding hydrogens is 226 g/mol. The third-order valence-corrected chi connectivity index (χ3v) is 2.41.